The van der Waals surface area contributed by atoms with Crippen molar-refractivity contribution in [3.63, 3.8) is 0 Å². The second-order valence-corrected chi connectivity index (χ2v) is 7.02. The van der Waals surface area contributed by atoms with E-state index in [2.05, 4.69) is 20.0 Å². The number of nitrogens with zero attached hydrogens (tertiary/aromatic N) is 5. The Morgan fingerprint density at radius 1 is 1.03 bits per heavy atom. The largest absolute Gasteiger partial charge is 0.491 e. The number of rotatable bonds is 11. The van der Waals surface area contributed by atoms with Crippen molar-refractivity contribution in [2.24, 2.45) is 0 Å². The molecule has 0 saturated carbocycles. The van der Waals surface area contributed by atoms with Gasteiger partial charge in [0.15, 0.2) is 11.4 Å². The standard InChI is InChI=1S/C22H26N6O4/c1-29-11-9-27(15-16-6-3-4-7-17(16)32-13-12-30-2)19-14-20-24-21(18-8-5-10-31-18)26-28(20)22(23)25-19/h3-8,10,14H,9,11-13,15H2,1-2H3,(H2,23,25). The van der Waals surface area contributed by atoms with Gasteiger partial charge in [-0.15, -0.1) is 5.10 Å². The molecule has 0 bridgehead atoms. The predicted molar refractivity (Wildman–Crippen MR) is 120 cm³/mol. The van der Waals surface area contributed by atoms with Gasteiger partial charge in [0.25, 0.3) is 0 Å². The van der Waals surface area contributed by atoms with E-state index in [1.165, 1.54) is 4.52 Å². The van der Waals surface area contributed by atoms with Crippen LogP contribution in [0.5, 0.6) is 5.75 Å². The number of furan rings is 1. The molecular formula is C22H26N6O4. The maximum atomic E-state index is 6.22. The lowest BCUT2D eigenvalue weighted by Gasteiger charge is -2.25. The number of nitrogens with two attached hydrogens (primary N) is 1. The molecule has 0 amide bonds. The predicted octanol–water partition coefficient (Wildman–Crippen LogP) is 2.64. The van der Waals surface area contributed by atoms with E-state index >= 15 is 0 Å². The molecule has 0 aliphatic carbocycles. The highest BCUT2D eigenvalue weighted by atomic mass is 16.5. The van der Waals surface area contributed by atoms with Gasteiger partial charge in [-0.25, -0.2) is 4.98 Å². The summed E-state index contributed by atoms with van der Waals surface area (Å²) in [6, 6.07) is 13.3. The molecule has 32 heavy (non-hydrogen) atoms. The van der Waals surface area contributed by atoms with Gasteiger partial charge in [0.1, 0.15) is 18.2 Å². The Morgan fingerprint density at radius 2 is 1.88 bits per heavy atom. The van der Waals surface area contributed by atoms with Crippen LogP contribution in [-0.2, 0) is 16.0 Å². The second kappa shape index (κ2) is 10.1. The Labute approximate surface area is 185 Å². The highest BCUT2D eigenvalue weighted by molar-refractivity contribution is 5.60. The first-order chi connectivity index (χ1) is 15.7. The monoisotopic (exact) mass is 438 g/mol. The molecule has 0 atom stereocenters. The molecule has 10 heteroatoms. The van der Waals surface area contributed by atoms with Gasteiger partial charge >= 0.3 is 0 Å². The number of methoxy groups -OCH3 is 2. The maximum absolute atomic E-state index is 6.22. The number of aromatic nitrogens is 4. The van der Waals surface area contributed by atoms with Crippen molar-refractivity contribution in [1.82, 2.24) is 19.6 Å². The summed E-state index contributed by atoms with van der Waals surface area (Å²) in [5, 5.41) is 4.41. The molecule has 3 heterocycles. The van der Waals surface area contributed by atoms with Gasteiger partial charge in [-0.2, -0.15) is 9.50 Å². The quantitative estimate of drug-likeness (QED) is 0.353. The summed E-state index contributed by atoms with van der Waals surface area (Å²) < 4.78 is 23.2. The van der Waals surface area contributed by atoms with Crippen LogP contribution in [0.3, 0.4) is 0 Å². The summed E-state index contributed by atoms with van der Waals surface area (Å²) in [5.74, 6) is 2.70. The first-order valence-corrected chi connectivity index (χ1v) is 10.2. The zero-order valence-electron chi connectivity index (χ0n) is 18.1. The van der Waals surface area contributed by atoms with Crippen LogP contribution in [0, 0.1) is 0 Å². The summed E-state index contributed by atoms with van der Waals surface area (Å²) >= 11 is 0. The fourth-order valence-electron chi connectivity index (χ4n) is 3.26. The number of nitrogen functional groups attached to an aromatic ring is 1. The number of benzene rings is 1. The fraction of sp³-hybridized carbons (Fsp3) is 0.318. The molecule has 2 N–H and O–H groups in total. The third kappa shape index (κ3) is 4.82. The van der Waals surface area contributed by atoms with Gasteiger partial charge in [0, 0.05) is 38.9 Å². The van der Waals surface area contributed by atoms with E-state index in [0.29, 0.717) is 56.0 Å². The van der Waals surface area contributed by atoms with E-state index in [0.717, 1.165) is 11.3 Å². The lowest BCUT2D eigenvalue weighted by molar-refractivity contribution is 0.145. The molecule has 0 fully saturated rings. The smallest absolute Gasteiger partial charge is 0.225 e. The molecule has 1 aromatic carbocycles. The molecule has 0 saturated heterocycles. The Bertz CT molecular complexity index is 1140. The minimum atomic E-state index is 0.231. The van der Waals surface area contributed by atoms with E-state index in [9.17, 15) is 0 Å². The lowest BCUT2D eigenvalue weighted by atomic mass is 10.2. The molecule has 3 aromatic heterocycles. The zero-order chi connectivity index (χ0) is 22.3. The molecule has 10 nitrogen and oxygen atoms in total. The van der Waals surface area contributed by atoms with Crippen molar-refractivity contribution in [1.29, 1.82) is 0 Å². The van der Waals surface area contributed by atoms with Crippen LogP contribution in [0.25, 0.3) is 17.2 Å². The average molecular weight is 438 g/mol. The summed E-state index contributed by atoms with van der Waals surface area (Å²) in [6.45, 7) is 2.65. The minimum Gasteiger partial charge on any atom is -0.491 e. The summed E-state index contributed by atoms with van der Waals surface area (Å²) in [7, 11) is 3.31. The summed E-state index contributed by atoms with van der Waals surface area (Å²) in [6.07, 6.45) is 1.58. The average Bonchev–Trinajstić information content (AvgIpc) is 3.48. The minimum absolute atomic E-state index is 0.231. The highest BCUT2D eigenvalue weighted by Crippen LogP contribution is 2.25. The van der Waals surface area contributed by atoms with Crippen LogP contribution in [0.15, 0.2) is 53.1 Å². The number of hydrogen-bond donors (Lipinski definition) is 1. The van der Waals surface area contributed by atoms with Gasteiger partial charge < -0.3 is 29.3 Å². The molecule has 0 spiro atoms. The first-order valence-electron chi connectivity index (χ1n) is 10.2. The van der Waals surface area contributed by atoms with Gasteiger partial charge in [-0.1, -0.05) is 18.2 Å². The molecule has 0 aliphatic heterocycles. The van der Waals surface area contributed by atoms with Gasteiger partial charge in [0.05, 0.1) is 19.5 Å². The number of ether oxygens (including phenoxy) is 3. The van der Waals surface area contributed by atoms with E-state index in [-0.39, 0.29) is 5.95 Å². The number of hydrogen-bond acceptors (Lipinski definition) is 9. The molecule has 0 aliphatic rings. The molecule has 0 unspecified atom stereocenters. The molecule has 4 rings (SSSR count). The summed E-state index contributed by atoms with van der Waals surface area (Å²) in [5.41, 5.74) is 7.80. The van der Waals surface area contributed by atoms with E-state index in [1.54, 1.807) is 32.6 Å². The topological polar surface area (TPSA) is 113 Å². The van der Waals surface area contributed by atoms with Crippen LogP contribution < -0.4 is 15.4 Å². The normalized spacial score (nSPS) is 11.2. The van der Waals surface area contributed by atoms with E-state index in [1.807, 2.05) is 30.3 Å². The Balaban J connectivity index is 1.65. The third-order valence-corrected chi connectivity index (χ3v) is 4.85. The lowest BCUT2D eigenvalue weighted by Crippen LogP contribution is -2.28. The Hall–Kier alpha value is -3.63. The zero-order valence-corrected chi connectivity index (χ0v) is 18.1. The molecule has 0 radical (unpaired) electrons. The van der Waals surface area contributed by atoms with Crippen molar-refractivity contribution >= 4 is 17.4 Å². The van der Waals surface area contributed by atoms with Crippen molar-refractivity contribution in [2.45, 2.75) is 6.54 Å². The van der Waals surface area contributed by atoms with Crippen molar-refractivity contribution < 1.29 is 18.6 Å². The van der Waals surface area contributed by atoms with Gasteiger partial charge in [-0.3, -0.25) is 0 Å². The van der Waals surface area contributed by atoms with Crippen LogP contribution in [0.2, 0.25) is 0 Å². The van der Waals surface area contributed by atoms with E-state index in [4.69, 9.17) is 24.4 Å². The second-order valence-electron chi connectivity index (χ2n) is 7.02. The van der Waals surface area contributed by atoms with E-state index < -0.39 is 0 Å². The van der Waals surface area contributed by atoms with Crippen LogP contribution in [0.1, 0.15) is 5.56 Å². The van der Waals surface area contributed by atoms with Crippen LogP contribution >= 0.6 is 0 Å². The third-order valence-electron chi connectivity index (χ3n) is 4.85. The number of fused-ring (bicyclic) bond motifs is 1. The number of para-hydroxylation sites is 1. The first kappa shape index (κ1) is 21.6. The maximum Gasteiger partial charge on any atom is 0.225 e. The Morgan fingerprint density at radius 3 is 2.66 bits per heavy atom. The number of anilines is 2. The van der Waals surface area contributed by atoms with Gasteiger partial charge in [0.2, 0.25) is 11.8 Å². The van der Waals surface area contributed by atoms with Crippen LogP contribution in [-0.4, -0.2) is 60.2 Å². The fourth-order valence-corrected chi connectivity index (χ4v) is 3.26. The Kier molecular flexibility index (Phi) is 6.83. The van der Waals surface area contributed by atoms with Crippen molar-refractivity contribution in [3.05, 3.63) is 54.3 Å². The molecule has 168 valence electrons. The molecular weight excluding hydrogens is 412 g/mol. The molecule has 4 aromatic rings. The highest BCUT2D eigenvalue weighted by Gasteiger charge is 2.17. The SMILES string of the molecule is COCCOc1ccccc1CN(CCOC)c1cc2nc(-c3ccco3)nn2c(N)n1. The van der Waals surface area contributed by atoms with Crippen molar-refractivity contribution in [2.75, 3.05) is 51.2 Å². The van der Waals surface area contributed by atoms with Gasteiger partial charge in [-0.05, 0) is 18.2 Å². The van der Waals surface area contributed by atoms with Crippen molar-refractivity contribution in [3.8, 4) is 17.3 Å². The summed E-state index contributed by atoms with van der Waals surface area (Å²) in [4.78, 5) is 11.2. The van der Waals surface area contributed by atoms with Crippen LogP contribution in [0.4, 0.5) is 11.8 Å².